The monoisotopic (exact) mass is 1140 g/mol. The van der Waals surface area contributed by atoms with E-state index in [1.807, 2.05) is 127 Å². The van der Waals surface area contributed by atoms with Gasteiger partial charge in [0.25, 0.3) is 0 Å². The molecule has 2 aromatic heterocycles. The summed E-state index contributed by atoms with van der Waals surface area (Å²) >= 11 is 0. The summed E-state index contributed by atoms with van der Waals surface area (Å²) in [5.74, 6) is 0. The van der Waals surface area contributed by atoms with Gasteiger partial charge in [0.2, 0.25) is 0 Å². The number of rotatable bonds is 12. The van der Waals surface area contributed by atoms with E-state index in [1.54, 1.807) is 0 Å². The van der Waals surface area contributed by atoms with E-state index in [9.17, 15) is 0 Å². The highest BCUT2D eigenvalue weighted by atomic mass is 31.2. The molecule has 0 saturated heterocycles. The molecule has 0 saturated carbocycles. The molecule has 0 fully saturated rings. The minimum Gasteiger partial charge on any atom is -0.456 e. The van der Waals surface area contributed by atoms with E-state index in [0.29, 0.717) is 21.8 Å². The number of fused-ring (bicyclic) bond motifs is 6. The van der Waals surface area contributed by atoms with E-state index in [4.69, 9.17) is 4.42 Å². The molecule has 0 N–H and O–H groups in total. The molecule has 0 aliphatic carbocycles. The van der Waals surface area contributed by atoms with Crippen molar-refractivity contribution in [1.29, 1.82) is 0 Å². The Morgan fingerprint density at radius 2 is 0.628 bits per heavy atom. The normalized spacial score (nSPS) is 12.5. The van der Waals surface area contributed by atoms with Crippen LogP contribution in [-0.4, -0.2) is 4.57 Å². The van der Waals surface area contributed by atoms with Crippen molar-refractivity contribution in [2.45, 2.75) is 13.8 Å². The fraction of sp³-hybridized carbons (Fsp3) is 0.0250. The first kappa shape index (κ1) is 52.7. The summed E-state index contributed by atoms with van der Waals surface area (Å²) in [6, 6.07) is 107. The average molecular weight is 1140 g/mol. The third-order valence-corrected chi connectivity index (χ3v) is 23.1. The van der Waals surface area contributed by atoms with Crippen molar-refractivity contribution in [2.75, 3.05) is 0 Å². The Morgan fingerprint density at radius 3 is 1.14 bits per heavy atom. The largest absolute Gasteiger partial charge is 0.456 e. The van der Waals surface area contributed by atoms with Gasteiger partial charge in [-0.3, -0.25) is 0 Å². The Labute approximate surface area is 500 Å². The fourth-order valence-corrected chi connectivity index (χ4v) is 18.4. The summed E-state index contributed by atoms with van der Waals surface area (Å²) in [4.78, 5) is 0. The summed E-state index contributed by atoms with van der Waals surface area (Å²) in [5.41, 5.74) is 18.3. The van der Waals surface area contributed by atoms with Crippen LogP contribution in [0.1, 0.15) is 11.1 Å². The number of aromatic nitrogens is 1. The van der Waals surface area contributed by atoms with E-state index < -0.39 is 14.3 Å². The van der Waals surface area contributed by atoms with Crippen molar-refractivity contribution in [3.63, 3.8) is 0 Å². The number of hydrogen-bond acceptors (Lipinski definition) is 3. The second-order valence-corrected chi connectivity index (χ2v) is 27.9. The molecule has 0 bridgehead atoms. The first-order valence-corrected chi connectivity index (χ1v) is 32.6. The van der Waals surface area contributed by atoms with E-state index >= 15 is 9.13 Å². The van der Waals surface area contributed by atoms with Crippen LogP contribution in [0, 0.1) is 13.8 Å². The van der Waals surface area contributed by atoms with Crippen LogP contribution in [0.2, 0.25) is 0 Å². The maximum absolute atomic E-state index is 17.0. The number of nitrogens with zero attached hydrogens (tertiary/aromatic N) is 1. The van der Waals surface area contributed by atoms with Crippen molar-refractivity contribution in [3.8, 4) is 61.3 Å². The van der Waals surface area contributed by atoms with Crippen LogP contribution >= 0.6 is 14.3 Å². The number of hydrogen-bond donors (Lipinski definition) is 0. The van der Waals surface area contributed by atoms with Crippen LogP contribution in [0.3, 0.4) is 0 Å². The highest BCUT2D eigenvalue weighted by molar-refractivity contribution is 7.85. The molecule has 6 heteroatoms. The first-order chi connectivity index (χ1) is 42.2. The first-order valence-electron chi connectivity index (χ1n) is 29.2. The van der Waals surface area contributed by atoms with Gasteiger partial charge in [0, 0.05) is 59.1 Å². The third kappa shape index (κ3) is 9.01. The molecule has 2 heterocycles. The maximum atomic E-state index is 17.0. The Balaban J connectivity index is 0.882. The van der Waals surface area contributed by atoms with Gasteiger partial charge in [-0.25, -0.2) is 0 Å². The van der Waals surface area contributed by atoms with E-state index in [1.165, 1.54) is 38.9 Å². The predicted octanol–water partition coefficient (Wildman–Crippen LogP) is 18.9. The molecule has 15 rings (SSSR count). The van der Waals surface area contributed by atoms with Crippen molar-refractivity contribution in [2.24, 2.45) is 0 Å². The number of furan rings is 1. The SMILES string of the molecule is Cc1cc(C)cc(-n2c3ccc(-c4cccc(-c5ccccc5-c5ccccc5-c5ccccc5-c5ccccc5)c4)cc3c3cc(P(=O)(c4ccccc4)c4ccc5oc6ccc(P(=O)(c7ccccc7)c7ccccc7)cc6c5c4)ccc32)c1. The van der Waals surface area contributed by atoms with Gasteiger partial charge >= 0.3 is 0 Å². The molecular weight excluding hydrogens is 1080 g/mol. The van der Waals surface area contributed by atoms with Gasteiger partial charge < -0.3 is 18.1 Å². The molecular formula is C80H57NO3P2. The Bertz CT molecular complexity index is 5140. The standard InChI is InChI=1S/C80H57NO3P2/c1-54-46-55(2)48-60(47-54)81-77-42-38-58(57-24-21-25-59(49-57)68-33-16-18-35-70(68)72-37-20-19-36-71(72)69-34-17-15-32-67(69)56-22-7-3-8-23-56)50-73(77)74-51-64(39-43-78(74)81)86(83,63-30-13-6-14-31-63)66-41-45-80-76(53-66)75-52-65(40-44-79(75)84-80)85(82,61-26-9-4-10-27-61)62-28-11-5-12-29-62/h3-53H,1-2H3. The molecule has 0 aliphatic heterocycles. The molecule has 0 spiro atoms. The zero-order chi connectivity index (χ0) is 57.9. The average Bonchev–Trinajstić information content (AvgIpc) is 1.60. The summed E-state index contributed by atoms with van der Waals surface area (Å²) in [5, 5.41) is 8.00. The summed E-state index contributed by atoms with van der Waals surface area (Å²) in [7, 11) is -6.94. The third-order valence-electron chi connectivity index (χ3n) is 17.1. The minimum absolute atomic E-state index is 0.663. The van der Waals surface area contributed by atoms with Crippen molar-refractivity contribution >= 4 is 89.9 Å². The van der Waals surface area contributed by atoms with Crippen LogP contribution in [0.4, 0.5) is 0 Å². The van der Waals surface area contributed by atoms with Crippen LogP contribution in [0.5, 0.6) is 0 Å². The summed E-state index contributed by atoms with van der Waals surface area (Å²) in [6.07, 6.45) is 0. The number of benzene rings is 13. The zero-order valence-electron chi connectivity index (χ0n) is 47.5. The van der Waals surface area contributed by atoms with E-state index in [2.05, 4.69) is 200 Å². The predicted molar refractivity (Wildman–Crippen MR) is 363 cm³/mol. The minimum atomic E-state index is -3.62. The van der Waals surface area contributed by atoms with Gasteiger partial charge in [-0.1, -0.05) is 224 Å². The topological polar surface area (TPSA) is 52.2 Å². The van der Waals surface area contributed by atoms with Crippen LogP contribution in [0.15, 0.2) is 314 Å². The fourth-order valence-electron chi connectivity index (χ4n) is 13.1. The second kappa shape index (κ2) is 21.5. The summed E-state index contributed by atoms with van der Waals surface area (Å²) < 4.78 is 41.5. The van der Waals surface area contributed by atoms with Gasteiger partial charge in [-0.15, -0.1) is 0 Å². The molecule has 1 unspecified atom stereocenters. The molecule has 0 aliphatic rings. The van der Waals surface area contributed by atoms with Gasteiger partial charge in [-0.05, 0) is 166 Å². The molecule has 0 amide bonds. The van der Waals surface area contributed by atoms with Crippen molar-refractivity contribution in [3.05, 3.63) is 321 Å². The molecule has 4 nitrogen and oxygen atoms in total. The van der Waals surface area contributed by atoms with Crippen LogP contribution < -0.4 is 31.8 Å². The lowest BCUT2D eigenvalue weighted by Gasteiger charge is -2.21. The Morgan fingerprint density at radius 1 is 0.267 bits per heavy atom. The highest BCUT2D eigenvalue weighted by Gasteiger charge is 2.33. The molecule has 15 aromatic rings. The van der Waals surface area contributed by atoms with Crippen LogP contribution in [-0.2, 0) is 9.13 Å². The van der Waals surface area contributed by atoms with Crippen molar-refractivity contribution < 1.29 is 13.5 Å². The van der Waals surface area contributed by atoms with Gasteiger partial charge in [0.1, 0.15) is 11.2 Å². The molecule has 86 heavy (non-hydrogen) atoms. The van der Waals surface area contributed by atoms with Gasteiger partial charge in [0.05, 0.1) is 11.0 Å². The van der Waals surface area contributed by atoms with E-state index in [-0.39, 0.29) is 0 Å². The van der Waals surface area contributed by atoms with Crippen molar-refractivity contribution in [1.82, 2.24) is 4.57 Å². The second-order valence-electron chi connectivity index (χ2n) is 22.4. The molecule has 0 radical (unpaired) electrons. The van der Waals surface area contributed by atoms with Crippen LogP contribution in [0.25, 0.3) is 105 Å². The van der Waals surface area contributed by atoms with Gasteiger partial charge in [0.15, 0.2) is 14.3 Å². The molecule has 1 atom stereocenters. The lowest BCUT2D eigenvalue weighted by Crippen LogP contribution is -2.25. The smallest absolute Gasteiger partial charge is 0.171 e. The van der Waals surface area contributed by atoms with E-state index in [0.717, 1.165) is 87.3 Å². The lowest BCUT2D eigenvalue weighted by atomic mass is 9.86. The molecule has 13 aromatic carbocycles. The Kier molecular flexibility index (Phi) is 13.2. The maximum Gasteiger partial charge on any atom is 0.171 e. The van der Waals surface area contributed by atoms with Gasteiger partial charge in [-0.2, -0.15) is 0 Å². The Hall–Kier alpha value is -10.1. The molecule has 410 valence electrons. The lowest BCUT2D eigenvalue weighted by molar-refractivity contribution is 0.591. The highest BCUT2D eigenvalue weighted by Crippen LogP contribution is 2.48. The zero-order valence-corrected chi connectivity index (χ0v) is 49.3. The quantitative estimate of drug-likeness (QED) is 0.115. The summed E-state index contributed by atoms with van der Waals surface area (Å²) in [6.45, 7) is 4.30. The number of aryl methyl sites for hydroxylation is 2.